The Hall–Kier alpha value is -0.120. The zero-order valence-electron chi connectivity index (χ0n) is 11.6. The summed E-state index contributed by atoms with van der Waals surface area (Å²) in [5, 5.41) is 3.38. The van der Waals surface area contributed by atoms with Crippen LogP contribution in [0.1, 0.15) is 52.4 Å². The average molecular weight is 243 g/mol. The highest BCUT2D eigenvalue weighted by molar-refractivity contribution is 4.90. The summed E-state index contributed by atoms with van der Waals surface area (Å²) in [7, 11) is 0. The van der Waals surface area contributed by atoms with E-state index in [9.17, 15) is 0 Å². The number of nitrogens with one attached hydrogen (secondary N) is 1. The first-order chi connectivity index (χ1) is 8.33. The molecule has 17 heavy (non-hydrogen) atoms. The highest BCUT2D eigenvalue weighted by Crippen LogP contribution is 2.38. The monoisotopic (exact) mass is 243 g/mol. The average Bonchev–Trinajstić information content (AvgIpc) is 2.29. The molecule has 1 saturated carbocycles. The molecule has 0 atom stereocenters. The Morgan fingerprint density at radius 2 is 1.94 bits per heavy atom. The van der Waals surface area contributed by atoms with Gasteiger partial charge < -0.3 is 14.8 Å². The van der Waals surface area contributed by atoms with Crippen LogP contribution < -0.4 is 5.32 Å². The third-order valence-electron chi connectivity index (χ3n) is 3.55. The van der Waals surface area contributed by atoms with Crippen LogP contribution in [0.5, 0.6) is 0 Å². The Labute approximate surface area is 106 Å². The van der Waals surface area contributed by atoms with Gasteiger partial charge in [-0.3, -0.25) is 0 Å². The first kappa shape index (κ1) is 14.9. The SMILES string of the molecule is CCCCOCCOC1(CCNCC)CCC1. The van der Waals surface area contributed by atoms with Crippen LogP contribution in [0.4, 0.5) is 0 Å². The fourth-order valence-corrected chi connectivity index (χ4v) is 2.20. The Balaban J connectivity index is 2.01. The molecule has 1 aliphatic rings. The van der Waals surface area contributed by atoms with Gasteiger partial charge in [0.1, 0.15) is 0 Å². The van der Waals surface area contributed by atoms with Gasteiger partial charge in [0.15, 0.2) is 0 Å². The third kappa shape index (κ3) is 5.84. The molecular formula is C14H29NO2. The molecule has 1 aliphatic carbocycles. The molecule has 1 N–H and O–H groups in total. The lowest BCUT2D eigenvalue weighted by atomic mass is 9.77. The molecule has 0 saturated heterocycles. The van der Waals surface area contributed by atoms with Crippen molar-refractivity contribution in [3.05, 3.63) is 0 Å². The summed E-state index contributed by atoms with van der Waals surface area (Å²) in [6.45, 7) is 8.85. The van der Waals surface area contributed by atoms with Gasteiger partial charge in [-0.1, -0.05) is 20.3 Å². The second-order valence-electron chi connectivity index (χ2n) is 4.95. The Bertz CT molecular complexity index is 181. The van der Waals surface area contributed by atoms with E-state index in [1.54, 1.807) is 0 Å². The normalized spacial score (nSPS) is 18.0. The van der Waals surface area contributed by atoms with Crippen molar-refractivity contribution >= 4 is 0 Å². The summed E-state index contributed by atoms with van der Waals surface area (Å²) in [6, 6.07) is 0. The number of hydrogen-bond donors (Lipinski definition) is 1. The van der Waals surface area contributed by atoms with E-state index in [1.807, 2.05) is 0 Å². The summed E-state index contributed by atoms with van der Waals surface area (Å²) in [5.41, 5.74) is 0.177. The van der Waals surface area contributed by atoms with Crippen molar-refractivity contribution < 1.29 is 9.47 Å². The number of hydrogen-bond acceptors (Lipinski definition) is 3. The molecule has 0 unspecified atom stereocenters. The minimum atomic E-state index is 0.177. The van der Waals surface area contributed by atoms with Crippen LogP contribution in [0.25, 0.3) is 0 Å². The predicted molar refractivity (Wildman–Crippen MR) is 71.4 cm³/mol. The van der Waals surface area contributed by atoms with Crippen LogP contribution >= 0.6 is 0 Å². The van der Waals surface area contributed by atoms with Crippen molar-refractivity contribution in [2.75, 3.05) is 32.9 Å². The minimum absolute atomic E-state index is 0.177. The van der Waals surface area contributed by atoms with Crippen molar-refractivity contribution in [1.82, 2.24) is 5.32 Å². The van der Waals surface area contributed by atoms with E-state index >= 15 is 0 Å². The van der Waals surface area contributed by atoms with Crippen molar-refractivity contribution in [2.24, 2.45) is 0 Å². The molecule has 0 spiro atoms. The Morgan fingerprint density at radius 1 is 1.12 bits per heavy atom. The molecule has 1 fully saturated rings. The smallest absolute Gasteiger partial charge is 0.0708 e. The Morgan fingerprint density at radius 3 is 2.53 bits per heavy atom. The van der Waals surface area contributed by atoms with Gasteiger partial charge in [0.05, 0.1) is 18.8 Å². The van der Waals surface area contributed by atoms with Gasteiger partial charge in [-0.2, -0.15) is 0 Å². The van der Waals surface area contributed by atoms with E-state index in [0.29, 0.717) is 0 Å². The molecule has 0 aromatic heterocycles. The minimum Gasteiger partial charge on any atom is -0.379 e. The first-order valence-electron chi connectivity index (χ1n) is 7.25. The lowest BCUT2D eigenvalue weighted by molar-refractivity contribution is -0.117. The third-order valence-corrected chi connectivity index (χ3v) is 3.55. The summed E-state index contributed by atoms with van der Waals surface area (Å²) in [4.78, 5) is 0. The quantitative estimate of drug-likeness (QED) is 0.566. The molecule has 0 bridgehead atoms. The van der Waals surface area contributed by atoms with Gasteiger partial charge in [-0.25, -0.2) is 0 Å². The predicted octanol–water partition coefficient (Wildman–Crippen LogP) is 2.74. The van der Waals surface area contributed by atoms with Crippen LogP contribution in [-0.4, -0.2) is 38.5 Å². The second-order valence-corrected chi connectivity index (χ2v) is 4.95. The number of unbranched alkanes of at least 4 members (excludes halogenated alkanes) is 1. The summed E-state index contributed by atoms with van der Waals surface area (Å²) in [6.07, 6.45) is 7.29. The summed E-state index contributed by atoms with van der Waals surface area (Å²) >= 11 is 0. The van der Waals surface area contributed by atoms with Crippen molar-refractivity contribution in [3.63, 3.8) is 0 Å². The summed E-state index contributed by atoms with van der Waals surface area (Å²) in [5.74, 6) is 0. The molecular weight excluding hydrogens is 214 g/mol. The fraction of sp³-hybridized carbons (Fsp3) is 1.00. The fourth-order valence-electron chi connectivity index (χ4n) is 2.20. The molecule has 0 heterocycles. The second kappa shape index (κ2) is 8.90. The zero-order chi connectivity index (χ0) is 12.4. The van der Waals surface area contributed by atoms with E-state index < -0.39 is 0 Å². The maximum atomic E-state index is 6.03. The van der Waals surface area contributed by atoms with Crippen LogP contribution in [0.2, 0.25) is 0 Å². The van der Waals surface area contributed by atoms with Crippen LogP contribution in [-0.2, 0) is 9.47 Å². The molecule has 1 rings (SSSR count). The van der Waals surface area contributed by atoms with Crippen molar-refractivity contribution in [3.8, 4) is 0 Å². The molecule has 3 nitrogen and oxygen atoms in total. The maximum absolute atomic E-state index is 6.03. The van der Waals surface area contributed by atoms with E-state index in [2.05, 4.69) is 19.2 Å². The van der Waals surface area contributed by atoms with Crippen molar-refractivity contribution in [2.45, 2.75) is 58.0 Å². The lowest BCUT2D eigenvalue weighted by Gasteiger charge is -2.42. The van der Waals surface area contributed by atoms with Gasteiger partial charge in [-0.05, 0) is 45.2 Å². The largest absolute Gasteiger partial charge is 0.379 e. The molecule has 102 valence electrons. The molecule has 0 aromatic rings. The van der Waals surface area contributed by atoms with E-state index in [-0.39, 0.29) is 5.60 Å². The topological polar surface area (TPSA) is 30.5 Å². The lowest BCUT2D eigenvalue weighted by Crippen LogP contribution is -2.43. The van der Waals surface area contributed by atoms with E-state index in [1.165, 1.54) is 25.7 Å². The molecule has 0 aliphatic heterocycles. The summed E-state index contributed by atoms with van der Waals surface area (Å²) < 4.78 is 11.6. The standard InChI is InChI=1S/C14H29NO2/c1-3-5-11-16-12-13-17-14(7-6-8-14)9-10-15-4-2/h15H,3-13H2,1-2H3. The molecule has 0 amide bonds. The molecule has 0 radical (unpaired) electrons. The van der Waals surface area contributed by atoms with Crippen LogP contribution in [0, 0.1) is 0 Å². The van der Waals surface area contributed by atoms with Crippen LogP contribution in [0.15, 0.2) is 0 Å². The van der Waals surface area contributed by atoms with Crippen molar-refractivity contribution in [1.29, 1.82) is 0 Å². The van der Waals surface area contributed by atoms with Gasteiger partial charge in [0.2, 0.25) is 0 Å². The van der Waals surface area contributed by atoms with E-state index in [0.717, 1.165) is 45.8 Å². The zero-order valence-corrected chi connectivity index (χ0v) is 11.6. The van der Waals surface area contributed by atoms with Gasteiger partial charge in [0.25, 0.3) is 0 Å². The Kier molecular flexibility index (Phi) is 7.82. The molecule has 3 heteroatoms. The number of rotatable bonds is 11. The van der Waals surface area contributed by atoms with Gasteiger partial charge >= 0.3 is 0 Å². The van der Waals surface area contributed by atoms with Crippen LogP contribution in [0.3, 0.4) is 0 Å². The molecule has 0 aromatic carbocycles. The van der Waals surface area contributed by atoms with Gasteiger partial charge in [-0.15, -0.1) is 0 Å². The highest BCUT2D eigenvalue weighted by atomic mass is 16.5. The maximum Gasteiger partial charge on any atom is 0.0708 e. The number of ether oxygens (including phenoxy) is 2. The first-order valence-corrected chi connectivity index (χ1v) is 7.25. The van der Waals surface area contributed by atoms with E-state index in [4.69, 9.17) is 9.47 Å². The highest BCUT2D eigenvalue weighted by Gasteiger charge is 2.37. The van der Waals surface area contributed by atoms with Gasteiger partial charge in [0, 0.05) is 6.61 Å².